The molecule has 1 heterocycles. The van der Waals surface area contributed by atoms with Crippen molar-refractivity contribution in [1.29, 1.82) is 0 Å². The van der Waals surface area contributed by atoms with Crippen LogP contribution in [-0.4, -0.2) is 32.6 Å². The number of nitrogens with one attached hydrogen (secondary N) is 2. The molecule has 0 atom stereocenters. The van der Waals surface area contributed by atoms with E-state index < -0.39 is 10.8 Å². The van der Waals surface area contributed by atoms with Gasteiger partial charge >= 0.3 is 5.69 Å². The first-order valence-electron chi connectivity index (χ1n) is 6.10. The minimum Gasteiger partial charge on any atom is -0.383 e. The first kappa shape index (κ1) is 14.4. The summed E-state index contributed by atoms with van der Waals surface area (Å²) in [4.78, 5) is 22.7. The van der Waals surface area contributed by atoms with E-state index in [1.165, 1.54) is 18.5 Å². The fourth-order valence-corrected chi connectivity index (χ4v) is 1.85. The number of carbonyl (C=O) groups is 1. The average molecular weight is 290 g/mol. The summed E-state index contributed by atoms with van der Waals surface area (Å²) in [5.74, 6) is 0.0116. The van der Waals surface area contributed by atoms with E-state index in [9.17, 15) is 14.9 Å². The Bertz CT molecular complexity index is 681. The SMILES string of the molecule is CNc1cccc(C(=O)NCc2nncn2C)c1[N+](=O)[O-]. The Balaban J connectivity index is 2.23. The number of hydrogen-bond acceptors (Lipinski definition) is 6. The molecule has 2 rings (SSSR count). The number of carbonyl (C=O) groups excluding carboxylic acids is 1. The number of anilines is 1. The van der Waals surface area contributed by atoms with Gasteiger partial charge in [-0.25, -0.2) is 0 Å². The van der Waals surface area contributed by atoms with E-state index in [1.54, 1.807) is 24.7 Å². The maximum absolute atomic E-state index is 12.1. The summed E-state index contributed by atoms with van der Waals surface area (Å²) in [6, 6.07) is 4.53. The summed E-state index contributed by atoms with van der Waals surface area (Å²) in [7, 11) is 3.30. The highest BCUT2D eigenvalue weighted by Gasteiger charge is 2.23. The zero-order valence-electron chi connectivity index (χ0n) is 11.5. The van der Waals surface area contributed by atoms with Crippen molar-refractivity contribution in [3.63, 3.8) is 0 Å². The molecule has 110 valence electrons. The van der Waals surface area contributed by atoms with Crippen molar-refractivity contribution < 1.29 is 9.72 Å². The smallest absolute Gasteiger partial charge is 0.305 e. The van der Waals surface area contributed by atoms with Crippen molar-refractivity contribution in [2.45, 2.75) is 6.54 Å². The largest absolute Gasteiger partial charge is 0.383 e. The van der Waals surface area contributed by atoms with Gasteiger partial charge in [-0.3, -0.25) is 14.9 Å². The van der Waals surface area contributed by atoms with Gasteiger partial charge in [0.1, 0.15) is 17.6 Å². The Hall–Kier alpha value is -2.97. The number of nitro groups is 1. The molecule has 0 unspecified atom stereocenters. The molecular formula is C12H14N6O3. The minimum absolute atomic E-state index is 0.00554. The lowest BCUT2D eigenvalue weighted by Crippen LogP contribution is -2.25. The second-order valence-electron chi connectivity index (χ2n) is 4.25. The van der Waals surface area contributed by atoms with Crippen molar-refractivity contribution in [2.24, 2.45) is 7.05 Å². The highest BCUT2D eigenvalue weighted by atomic mass is 16.6. The van der Waals surface area contributed by atoms with Crippen LogP contribution in [0.3, 0.4) is 0 Å². The molecule has 0 aliphatic rings. The van der Waals surface area contributed by atoms with Gasteiger partial charge in [-0.2, -0.15) is 0 Å². The van der Waals surface area contributed by atoms with Crippen molar-refractivity contribution in [3.8, 4) is 0 Å². The van der Waals surface area contributed by atoms with Crippen LogP contribution in [0.1, 0.15) is 16.2 Å². The van der Waals surface area contributed by atoms with E-state index in [4.69, 9.17) is 0 Å². The number of hydrogen-bond donors (Lipinski definition) is 2. The van der Waals surface area contributed by atoms with Gasteiger partial charge in [0.05, 0.1) is 11.5 Å². The van der Waals surface area contributed by atoms with E-state index in [1.807, 2.05) is 0 Å². The minimum atomic E-state index is -0.580. The summed E-state index contributed by atoms with van der Waals surface area (Å²) in [5, 5.41) is 24.0. The molecule has 0 aliphatic carbocycles. The third-order valence-corrected chi connectivity index (χ3v) is 2.94. The third kappa shape index (κ3) is 2.96. The molecule has 0 bridgehead atoms. The van der Waals surface area contributed by atoms with Crippen LogP contribution in [0.5, 0.6) is 0 Å². The lowest BCUT2D eigenvalue weighted by atomic mass is 10.1. The normalized spacial score (nSPS) is 10.2. The predicted molar refractivity (Wildman–Crippen MR) is 74.8 cm³/mol. The van der Waals surface area contributed by atoms with Crippen LogP contribution in [0.2, 0.25) is 0 Å². The summed E-state index contributed by atoms with van der Waals surface area (Å²) >= 11 is 0. The van der Waals surface area contributed by atoms with Gasteiger partial charge in [-0.15, -0.1) is 10.2 Å². The molecule has 1 aromatic heterocycles. The number of nitro benzene ring substituents is 1. The molecule has 2 aromatic rings. The molecule has 0 saturated carbocycles. The maximum Gasteiger partial charge on any atom is 0.305 e. The van der Waals surface area contributed by atoms with Crippen LogP contribution >= 0.6 is 0 Å². The lowest BCUT2D eigenvalue weighted by Gasteiger charge is -2.08. The number of para-hydroxylation sites is 1. The van der Waals surface area contributed by atoms with Crippen molar-refractivity contribution in [2.75, 3.05) is 12.4 Å². The van der Waals surface area contributed by atoms with Gasteiger partial charge in [-0.1, -0.05) is 6.07 Å². The first-order valence-corrected chi connectivity index (χ1v) is 6.10. The maximum atomic E-state index is 12.1. The van der Waals surface area contributed by atoms with Crippen LogP contribution in [0.4, 0.5) is 11.4 Å². The Morgan fingerprint density at radius 3 is 2.81 bits per heavy atom. The second-order valence-corrected chi connectivity index (χ2v) is 4.25. The first-order chi connectivity index (χ1) is 10.0. The third-order valence-electron chi connectivity index (χ3n) is 2.94. The van der Waals surface area contributed by atoms with E-state index in [0.717, 1.165) is 0 Å². The summed E-state index contributed by atoms with van der Waals surface area (Å²) in [6.07, 6.45) is 1.51. The summed E-state index contributed by atoms with van der Waals surface area (Å²) in [5.41, 5.74) is 0.0239. The average Bonchev–Trinajstić information content (AvgIpc) is 2.89. The van der Waals surface area contributed by atoms with Crippen LogP contribution in [-0.2, 0) is 13.6 Å². The van der Waals surface area contributed by atoms with Gasteiger partial charge in [0.2, 0.25) is 0 Å². The van der Waals surface area contributed by atoms with E-state index >= 15 is 0 Å². The van der Waals surface area contributed by atoms with Crippen molar-refractivity contribution in [3.05, 3.63) is 46.0 Å². The Kier molecular flexibility index (Phi) is 4.12. The number of rotatable bonds is 5. The van der Waals surface area contributed by atoms with Gasteiger partial charge in [0.15, 0.2) is 5.82 Å². The Labute approximate surface area is 120 Å². The van der Waals surface area contributed by atoms with Crippen LogP contribution < -0.4 is 10.6 Å². The number of aryl methyl sites for hydroxylation is 1. The zero-order chi connectivity index (χ0) is 15.4. The Morgan fingerprint density at radius 1 is 1.48 bits per heavy atom. The monoisotopic (exact) mass is 290 g/mol. The zero-order valence-corrected chi connectivity index (χ0v) is 11.5. The van der Waals surface area contributed by atoms with Crippen LogP contribution in [0.15, 0.2) is 24.5 Å². The molecule has 0 aliphatic heterocycles. The molecule has 0 fully saturated rings. The molecule has 9 heteroatoms. The number of benzene rings is 1. The molecule has 0 radical (unpaired) electrons. The fraction of sp³-hybridized carbons (Fsp3) is 0.250. The molecule has 9 nitrogen and oxygen atoms in total. The Morgan fingerprint density at radius 2 is 2.24 bits per heavy atom. The molecule has 0 spiro atoms. The van der Waals surface area contributed by atoms with E-state index in [-0.39, 0.29) is 23.5 Å². The molecule has 1 aromatic carbocycles. The van der Waals surface area contributed by atoms with Gasteiger partial charge < -0.3 is 15.2 Å². The predicted octanol–water partition coefficient (Wildman–Crippen LogP) is 0.695. The molecule has 2 N–H and O–H groups in total. The molecular weight excluding hydrogens is 276 g/mol. The molecule has 1 amide bonds. The van der Waals surface area contributed by atoms with Crippen LogP contribution in [0, 0.1) is 10.1 Å². The lowest BCUT2D eigenvalue weighted by molar-refractivity contribution is -0.384. The summed E-state index contributed by atoms with van der Waals surface area (Å²) < 4.78 is 1.65. The summed E-state index contributed by atoms with van der Waals surface area (Å²) in [6.45, 7) is 0.135. The highest BCUT2D eigenvalue weighted by molar-refractivity contribution is 6.00. The van der Waals surface area contributed by atoms with E-state index in [2.05, 4.69) is 20.8 Å². The van der Waals surface area contributed by atoms with Gasteiger partial charge in [-0.05, 0) is 12.1 Å². The highest BCUT2D eigenvalue weighted by Crippen LogP contribution is 2.28. The van der Waals surface area contributed by atoms with E-state index in [0.29, 0.717) is 5.82 Å². The quantitative estimate of drug-likeness (QED) is 0.618. The second kappa shape index (κ2) is 5.99. The van der Waals surface area contributed by atoms with Crippen molar-refractivity contribution in [1.82, 2.24) is 20.1 Å². The number of amides is 1. The van der Waals surface area contributed by atoms with Crippen LogP contribution in [0.25, 0.3) is 0 Å². The number of nitrogens with zero attached hydrogens (tertiary/aromatic N) is 4. The molecule has 21 heavy (non-hydrogen) atoms. The van der Waals surface area contributed by atoms with Crippen molar-refractivity contribution >= 4 is 17.3 Å². The fourth-order valence-electron chi connectivity index (χ4n) is 1.85. The van der Waals surface area contributed by atoms with Gasteiger partial charge in [0, 0.05) is 14.1 Å². The standard InChI is InChI=1S/C12H14N6O3/c1-13-9-5-3-4-8(11(9)18(20)21)12(19)14-6-10-16-15-7-17(10)2/h3-5,7,13H,6H2,1-2H3,(H,14,19). The number of aromatic nitrogens is 3. The van der Waals surface area contributed by atoms with Gasteiger partial charge in [0.25, 0.3) is 5.91 Å². The molecule has 0 saturated heterocycles. The topological polar surface area (TPSA) is 115 Å².